The topological polar surface area (TPSA) is 0 Å². The summed E-state index contributed by atoms with van der Waals surface area (Å²) in [6.45, 7) is 9.05. The maximum atomic E-state index is 14.7. The Morgan fingerprint density at radius 1 is 0.682 bits per heavy atom. The van der Waals surface area contributed by atoms with Gasteiger partial charge in [-0.05, 0) is 36.6 Å². The average molecular weight is 350 g/mol. The minimum atomic E-state index is -2.89. The predicted molar refractivity (Wildman–Crippen MR) is 100 cm³/mol. The summed E-state index contributed by atoms with van der Waals surface area (Å²) in [5.74, 6) is 0. The highest BCUT2D eigenvalue weighted by atomic mass is 28.4. The molecule has 0 aromatic heterocycles. The van der Waals surface area contributed by atoms with E-state index >= 15 is 0 Å². The van der Waals surface area contributed by atoms with E-state index in [4.69, 9.17) is 0 Å². The fraction of sp³-hybridized carbons (Fsp3) is 0.294. The van der Waals surface area contributed by atoms with Crippen LogP contribution < -0.4 is 20.7 Å². The predicted octanol–water partition coefficient (Wildman–Crippen LogP) is 2.69. The standard InChI is InChI=1S/C17H23F2Si3/c1-20(14-10-6-8-12-16(14)21(2,3)18)15-11-7-9-13-17(15)22(4,5)19/h6-13H,1-5H3. The Hall–Kier alpha value is -1.05. The van der Waals surface area contributed by atoms with Crippen LogP contribution in [0.3, 0.4) is 0 Å². The van der Waals surface area contributed by atoms with Crippen molar-refractivity contribution in [2.24, 2.45) is 0 Å². The fourth-order valence-corrected chi connectivity index (χ4v) is 10.1. The van der Waals surface area contributed by atoms with E-state index in [1.165, 1.54) is 0 Å². The van der Waals surface area contributed by atoms with Gasteiger partial charge >= 0.3 is 0 Å². The third-order valence-corrected chi connectivity index (χ3v) is 10.4. The number of benzene rings is 2. The summed E-state index contributed by atoms with van der Waals surface area (Å²) in [7, 11) is -6.97. The molecule has 0 unspecified atom stereocenters. The second kappa shape index (κ2) is 6.22. The first-order chi connectivity index (χ1) is 10.1. The minimum Gasteiger partial charge on any atom is -0.308 e. The van der Waals surface area contributed by atoms with Crippen molar-refractivity contribution in [1.29, 1.82) is 0 Å². The van der Waals surface area contributed by atoms with Crippen LogP contribution in [-0.2, 0) is 0 Å². The second-order valence-electron chi connectivity index (χ2n) is 6.66. The number of hydrogen-bond acceptors (Lipinski definition) is 0. The molecule has 2 aromatic carbocycles. The number of hydrogen-bond donors (Lipinski definition) is 0. The van der Waals surface area contributed by atoms with Crippen LogP contribution in [0.1, 0.15) is 0 Å². The molecule has 0 atom stereocenters. The van der Waals surface area contributed by atoms with Crippen molar-refractivity contribution in [2.75, 3.05) is 0 Å². The van der Waals surface area contributed by atoms with Crippen molar-refractivity contribution in [3.8, 4) is 0 Å². The molecule has 0 aliphatic rings. The quantitative estimate of drug-likeness (QED) is 0.588. The lowest BCUT2D eigenvalue weighted by Crippen LogP contribution is -2.60. The maximum Gasteiger partial charge on any atom is 0.271 e. The van der Waals surface area contributed by atoms with Crippen molar-refractivity contribution in [1.82, 2.24) is 0 Å². The third kappa shape index (κ3) is 3.64. The summed E-state index contributed by atoms with van der Waals surface area (Å²) in [6.07, 6.45) is 0. The van der Waals surface area contributed by atoms with Crippen molar-refractivity contribution < 1.29 is 8.22 Å². The van der Waals surface area contributed by atoms with Gasteiger partial charge in [-0.15, -0.1) is 0 Å². The molecule has 0 spiro atoms. The summed E-state index contributed by atoms with van der Waals surface area (Å²) >= 11 is 0. The van der Waals surface area contributed by atoms with Gasteiger partial charge in [-0.2, -0.15) is 0 Å². The maximum absolute atomic E-state index is 14.7. The van der Waals surface area contributed by atoms with Crippen molar-refractivity contribution in [2.45, 2.75) is 32.7 Å². The van der Waals surface area contributed by atoms with Gasteiger partial charge in [0.1, 0.15) is 8.80 Å². The highest BCUT2D eigenvalue weighted by molar-refractivity contribution is 6.97. The zero-order chi connectivity index (χ0) is 16.5. The van der Waals surface area contributed by atoms with Crippen LogP contribution in [0.2, 0.25) is 32.7 Å². The highest BCUT2D eigenvalue weighted by Crippen LogP contribution is 2.06. The molecule has 0 nitrogen and oxygen atoms in total. The molecule has 0 fully saturated rings. The van der Waals surface area contributed by atoms with Crippen LogP contribution in [0.15, 0.2) is 48.5 Å². The summed E-state index contributed by atoms with van der Waals surface area (Å²) in [6, 6.07) is 15.6. The molecule has 2 aromatic rings. The molecule has 0 amide bonds. The van der Waals surface area contributed by atoms with E-state index < -0.39 is 25.6 Å². The van der Waals surface area contributed by atoms with Crippen molar-refractivity contribution in [3.63, 3.8) is 0 Å². The summed E-state index contributed by atoms with van der Waals surface area (Å²) in [5, 5.41) is 3.91. The van der Waals surface area contributed by atoms with E-state index in [9.17, 15) is 8.22 Å². The van der Waals surface area contributed by atoms with Gasteiger partial charge in [0, 0.05) is 0 Å². The molecule has 0 aliphatic heterocycles. The van der Waals surface area contributed by atoms with Gasteiger partial charge in [0.15, 0.2) is 0 Å². The minimum absolute atomic E-state index is 0.861. The molecule has 0 aliphatic carbocycles. The van der Waals surface area contributed by atoms with Gasteiger partial charge in [0.2, 0.25) is 0 Å². The Balaban J connectivity index is 2.58. The van der Waals surface area contributed by atoms with Crippen LogP contribution >= 0.6 is 0 Å². The largest absolute Gasteiger partial charge is 0.308 e. The van der Waals surface area contributed by atoms with E-state index in [1.54, 1.807) is 26.2 Å². The molecular formula is C17H23F2Si3. The Morgan fingerprint density at radius 2 is 1.00 bits per heavy atom. The first-order valence-corrected chi connectivity index (χ1v) is 15.3. The van der Waals surface area contributed by atoms with E-state index in [1.807, 2.05) is 48.5 Å². The molecule has 0 saturated carbocycles. The molecule has 1 radical (unpaired) electrons. The SMILES string of the molecule is C[Si](c1ccccc1[Si](C)(C)F)c1ccccc1[Si](C)(C)F. The van der Waals surface area contributed by atoms with Gasteiger partial charge in [-0.3, -0.25) is 0 Å². The van der Waals surface area contributed by atoms with Crippen LogP contribution in [0.25, 0.3) is 0 Å². The Kier molecular flexibility index (Phi) is 4.89. The average Bonchev–Trinajstić information content (AvgIpc) is 2.45. The second-order valence-corrected chi connectivity index (χ2v) is 16.0. The molecule has 117 valence electrons. The van der Waals surface area contributed by atoms with E-state index in [0.29, 0.717) is 0 Å². The van der Waals surface area contributed by atoms with E-state index in [2.05, 4.69) is 6.55 Å². The lowest BCUT2D eigenvalue weighted by Gasteiger charge is -2.24. The molecule has 0 saturated heterocycles. The first kappa shape index (κ1) is 17.3. The number of rotatable bonds is 4. The van der Waals surface area contributed by atoms with Crippen molar-refractivity contribution >= 4 is 46.4 Å². The molecular weight excluding hydrogens is 326 g/mol. The van der Waals surface area contributed by atoms with Gasteiger partial charge in [-0.1, -0.05) is 65.5 Å². The molecule has 22 heavy (non-hydrogen) atoms. The zero-order valence-electron chi connectivity index (χ0n) is 13.9. The fourth-order valence-electron chi connectivity index (χ4n) is 2.80. The Morgan fingerprint density at radius 3 is 1.32 bits per heavy atom. The molecule has 0 heterocycles. The van der Waals surface area contributed by atoms with Crippen LogP contribution in [-0.4, -0.2) is 25.6 Å². The number of halogens is 2. The summed E-state index contributed by atoms with van der Waals surface area (Å²) in [5.41, 5.74) is 0. The third-order valence-electron chi connectivity index (χ3n) is 3.94. The Bertz CT molecular complexity index is 600. The molecule has 0 N–H and O–H groups in total. The van der Waals surface area contributed by atoms with Crippen LogP contribution in [0, 0.1) is 0 Å². The molecule has 0 bridgehead atoms. The molecule has 5 heteroatoms. The van der Waals surface area contributed by atoms with Crippen LogP contribution in [0.5, 0.6) is 0 Å². The lowest BCUT2D eigenvalue weighted by molar-refractivity contribution is 0.821. The molecule has 2 rings (SSSR count). The van der Waals surface area contributed by atoms with E-state index in [-0.39, 0.29) is 0 Å². The van der Waals surface area contributed by atoms with Crippen LogP contribution in [0.4, 0.5) is 8.22 Å². The van der Waals surface area contributed by atoms with Gasteiger partial charge in [-0.25, -0.2) is 0 Å². The summed E-state index contributed by atoms with van der Waals surface area (Å²) in [4.78, 5) is 0. The van der Waals surface area contributed by atoms with Gasteiger partial charge in [0.05, 0.1) is 0 Å². The monoisotopic (exact) mass is 349 g/mol. The van der Waals surface area contributed by atoms with E-state index in [0.717, 1.165) is 20.7 Å². The van der Waals surface area contributed by atoms with Gasteiger partial charge in [0.25, 0.3) is 16.8 Å². The lowest BCUT2D eigenvalue weighted by atomic mass is 10.3. The van der Waals surface area contributed by atoms with Gasteiger partial charge < -0.3 is 8.22 Å². The first-order valence-electron chi connectivity index (χ1n) is 7.53. The summed E-state index contributed by atoms with van der Waals surface area (Å²) < 4.78 is 29.4. The Labute approximate surface area is 136 Å². The normalized spacial score (nSPS) is 12.7. The van der Waals surface area contributed by atoms with Crippen molar-refractivity contribution in [3.05, 3.63) is 48.5 Å². The zero-order valence-corrected chi connectivity index (χ0v) is 16.9. The highest BCUT2D eigenvalue weighted by Gasteiger charge is 2.32. The smallest absolute Gasteiger partial charge is 0.271 e.